The molecule has 1 aliphatic rings. The largest absolute Gasteiger partial charge is 0.349 e. The van der Waals surface area contributed by atoms with Crippen molar-refractivity contribution in [2.24, 2.45) is 0 Å². The number of nitrogens with zero attached hydrogens (tertiary/aromatic N) is 3. The van der Waals surface area contributed by atoms with Crippen LogP contribution in [0.25, 0.3) is 0 Å². The lowest BCUT2D eigenvalue weighted by atomic mass is 9.93. The van der Waals surface area contributed by atoms with Crippen LogP contribution in [0.4, 0.5) is 21.8 Å². The van der Waals surface area contributed by atoms with Gasteiger partial charge in [-0.3, -0.25) is 0 Å². The van der Waals surface area contributed by atoms with Crippen molar-refractivity contribution in [2.75, 3.05) is 16.8 Å². The minimum Gasteiger partial charge on any atom is -0.349 e. The van der Waals surface area contributed by atoms with Gasteiger partial charge in [-0.15, -0.1) is 12.4 Å². The van der Waals surface area contributed by atoms with Gasteiger partial charge in [0.2, 0.25) is 5.95 Å². The van der Waals surface area contributed by atoms with Crippen molar-refractivity contribution in [3.63, 3.8) is 0 Å². The van der Waals surface area contributed by atoms with E-state index in [4.69, 9.17) is 4.11 Å². The Morgan fingerprint density at radius 3 is 2.61 bits per heavy atom. The summed E-state index contributed by atoms with van der Waals surface area (Å²) in [6, 6.07) is 12.8. The van der Waals surface area contributed by atoms with Gasteiger partial charge in [-0.25, -0.2) is 9.37 Å². The van der Waals surface area contributed by atoms with Gasteiger partial charge in [-0.05, 0) is 62.5 Å². The molecule has 28 heavy (non-hydrogen) atoms. The molecule has 3 aromatic rings. The lowest BCUT2D eigenvalue weighted by molar-refractivity contribution is 0.614. The van der Waals surface area contributed by atoms with E-state index in [1.807, 2.05) is 43.0 Å². The number of rotatable bonds is 3. The number of halogens is 2. The number of hydrogen-bond acceptors (Lipinski definition) is 4. The van der Waals surface area contributed by atoms with Gasteiger partial charge in [0, 0.05) is 27.6 Å². The first-order valence-corrected chi connectivity index (χ1v) is 8.96. The van der Waals surface area contributed by atoms with Crippen LogP contribution in [0.3, 0.4) is 0 Å². The molecule has 2 heterocycles. The van der Waals surface area contributed by atoms with E-state index >= 15 is 0 Å². The second-order valence-electron chi connectivity index (χ2n) is 6.76. The van der Waals surface area contributed by atoms with Gasteiger partial charge in [-0.1, -0.05) is 24.3 Å². The van der Waals surface area contributed by atoms with Crippen molar-refractivity contribution in [2.45, 2.75) is 33.2 Å². The summed E-state index contributed by atoms with van der Waals surface area (Å²) in [7, 11) is 0. The predicted molar refractivity (Wildman–Crippen MR) is 114 cm³/mol. The molecule has 0 radical (unpaired) electrons. The molecule has 1 atom stereocenters. The number of hydrogen-bond donors (Lipinski definition) is 1. The molecule has 0 spiro atoms. The van der Waals surface area contributed by atoms with Crippen LogP contribution in [-0.2, 0) is 6.42 Å². The molecule has 0 fully saturated rings. The third-order valence-corrected chi connectivity index (χ3v) is 5.02. The Balaban J connectivity index is 0.00000272. The van der Waals surface area contributed by atoms with Crippen LogP contribution in [0, 0.1) is 19.7 Å². The lowest BCUT2D eigenvalue weighted by Crippen LogP contribution is -2.35. The Hall–Kier alpha value is -2.66. The molecule has 0 saturated heterocycles. The fourth-order valence-electron chi connectivity index (χ4n) is 3.41. The third-order valence-electron chi connectivity index (χ3n) is 5.02. The molecule has 0 amide bonds. The van der Waals surface area contributed by atoms with Crippen molar-refractivity contribution in [3.05, 3.63) is 76.7 Å². The van der Waals surface area contributed by atoms with Gasteiger partial charge >= 0.3 is 0 Å². The Kier molecular flexibility index (Phi) is 4.75. The molecule has 146 valence electrons. The summed E-state index contributed by atoms with van der Waals surface area (Å²) in [6.07, 6.45) is 0.742. The Morgan fingerprint density at radius 1 is 1.11 bits per heavy atom. The Labute approximate surface area is 175 Å². The highest BCUT2D eigenvalue weighted by Crippen LogP contribution is 2.35. The van der Waals surface area contributed by atoms with Crippen molar-refractivity contribution in [3.8, 4) is 0 Å². The Morgan fingerprint density at radius 2 is 1.86 bits per heavy atom. The van der Waals surface area contributed by atoms with E-state index < -0.39 is 12.9 Å². The standard InChI is InChI=1S/C22H23FN4.ClH/c1-14-15(2)24-22(25-19-10-8-18(23)9-11-19)26-21(14)27-13-12-17-6-4-5-7-20(17)16(27)3;/h4-11,16H,12-13H2,1-3H3,(H,24,25,26);1H/i3D3;. The van der Waals surface area contributed by atoms with Crippen molar-refractivity contribution in [1.29, 1.82) is 0 Å². The molecule has 1 aromatic heterocycles. The molecule has 1 unspecified atom stereocenters. The van der Waals surface area contributed by atoms with Gasteiger partial charge in [0.25, 0.3) is 0 Å². The summed E-state index contributed by atoms with van der Waals surface area (Å²) < 4.78 is 37.8. The van der Waals surface area contributed by atoms with Crippen LogP contribution in [0.15, 0.2) is 48.5 Å². The maximum atomic E-state index is 13.2. The van der Waals surface area contributed by atoms with E-state index in [2.05, 4.69) is 15.3 Å². The maximum absolute atomic E-state index is 13.2. The van der Waals surface area contributed by atoms with Gasteiger partial charge in [0.05, 0.1) is 6.04 Å². The van der Waals surface area contributed by atoms with Crippen molar-refractivity contribution < 1.29 is 8.50 Å². The summed E-state index contributed by atoms with van der Waals surface area (Å²) in [5.74, 6) is 0.625. The third kappa shape index (κ3) is 3.80. The highest BCUT2D eigenvalue weighted by Gasteiger charge is 2.26. The van der Waals surface area contributed by atoms with E-state index in [9.17, 15) is 4.39 Å². The zero-order valence-electron chi connectivity index (χ0n) is 18.7. The fraction of sp³-hybridized carbons (Fsp3) is 0.273. The minimum atomic E-state index is -2.22. The van der Waals surface area contributed by atoms with Crippen LogP contribution in [0.1, 0.15) is 39.4 Å². The van der Waals surface area contributed by atoms with Crippen LogP contribution < -0.4 is 10.2 Å². The summed E-state index contributed by atoms with van der Waals surface area (Å²) in [5, 5.41) is 3.10. The molecular weight excluding hydrogens is 375 g/mol. The highest BCUT2D eigenvalue weighted by molar-refractivity contribution is 5.85. The van der Waals surface area contributed by atoms with E-state index in [0.29, 0.717) is 24.0 Å². The lowest BCUT2D eigenvalue weighted by Gasteiger charge is -2.37. The van der Waals surface area contributed by atoms with Gasteiger partial charge < -0.3 is 10.2 Å². The number of fused-ring (bicyclic) bond motifs is 1. The second kappa shape index (κ2) is 8.15. The first kappa shape index (κ1) is 16.3. The quantitative estimate of drug-likeness (QED) is 0.627. The smallest absolute Gasteiger partial charge is 0.229 e. The van der Waals surface area contributed by atoms with Gasteiger partial charge in [-0.2, -0.15) is 4.98 Å². The monoisotopic (exact) mass is 401 g/mol. The van der Waals surface area contributed by atoms with Gasteiger partial charge in [0.1, 0.15) is 11.6 Å². The first-order valence-electron chi connectivity index (χ1n) is 10.5. The van der Waals surface area contributed by atoms with Gasteiger partial charge in [0.15, 0.2) is 0 Å². The molecule has 0 saturated carbocycles. The normalized spacial score (nSPS) is 17.6. The number of aryl methyl sites for hydroxylation is 1. The Bertz CT molecular complexity index is 1070. The molecule has 4 nitrogen and oxygen atoms in total. The van der Waals surface area contributed by atoms with E-state index in [0.717, 1.165) is 28.8 Å². The first-order chi connectivity index (χ1) is 14.2. The number of aromatic nitrogens is 2. The number of nitrogens with one attached hydrogen (secondary N) is 1. The highest BCUT2D eigenvalue weighted by atomic mass is 35.5. The molecular formula is C22H24ClFN4. The van der Waals surface area contributed by atoms with Crippen LogP contribution in [0.2, 0.25) is 0 Å². The topological polar surface area (TPSA) is 41.1 Å². The zero-order chi connectivity index (χ0) is 21.5. The average molecular weight is 402 g/mol. The molecule has 0 bridgehead atoms. The summed E-state index contributed by atoms with van der Waals surface area (Å²) >= 11 is 0. The van der Waals surface area contributed by atoms with Crippen molar-refractivity contribution >= 4 is 29.9 Å². The molecule has 4 rings (SSSR count). The summed E-state index contributed by atoms with van der Waals surface area (Å²) in [5.41, 5.74) is 4.12. The maximum Gasteiger partial charge on any atom is 0.229 e. The predicted octanol–water partition coefficient (Wildman–Crippen LogP) is 5.52. The van der Waals surface area contributed by atoms with E-state index in [-0.39, 0.29) is 18.2 Å². The minimum absolute atomic E-state index is 0. The molecule has 2 aromatic carbocycles. The van der Waals surface area contributed by atoms with Crippen LogP contribution in [-0.4, -0.2) is 16.5 Å². The number of benzene rings is 2. The van der Waals surface area contributed by atoms with Crippen LogP contribution in [0.5, 0.6) is 0 Å². The fourth-order valence-corrected chi connectivity index (χ4v) is 3.41. The van der Waals surface area contributed by atoms with E-state index in [1.165, 1.54) is 12.1 Å². The molecule has 0 aliphatic carbocycles. The zero-order valence-corrected chi connectivity index (χ0v) is 16.6. The SMILES string of the molecule is Cl.[2H]C([2H])([2H])C1c2ccccc2CCN1c1nc(Nc2ccc(F)cc2)nc(C)c1C. The second-order valence-corrected chi connectivity index (χ2v) is 6.76. The number of anilines is 3. The molecule has 1 aliphatic heterocycles. The molecule has 1 N–H and O–H groups in total. The van der Waals surface area contributed by atoms with E-state index in [1.54, 1.807) is 12.1 Å². The van der Waals surface area contributed by atoms with Crippen molar-refractivity contribution in [1.82, 2.24) is 9.97 Å². The molecule has 6 heteroatoms. The summed E-state index contributed by atoms with van der Waals surface area (Å²) in [6.45, 7) is 2.11. The summed E-state index contributed by atoms with van der Waals surface area (Å²) in [4.78, 5) is 11.0. The average Bonchev–Trinajstić information content (AvgIpc) is 2.70. The van der Waals surface area contributed by atoms with Crippen LogP contribution >= 0.6 is 12.4 Å².